The average molecular weight is 311 g/mol. The third-order valence-corrected chi connectivity index (χ3v) is 5.97. The molecule has 0 aromatic heterocycles. The molecule has 1 aliphatic heterocycles. The van der Waals surface area contributed by atoms with Crippen LogP contribution in [0.1, 0.15) is 41.5 Å². The second-order valence-corrected chi connectivity index (χ2v) is 8.77. The Morgan fingerprint density at radius 1 is 1.35 bits per heavy atom. The molecule has 4 aliphatic rings. The number of carbonyl (C=O) groups is 1. The molecule has 3 aliphatic carbocycles. The Balaban J connectivity index is 0.00000110. The van der Waals surface area contributed by atoms with Crippen molar-refractivity contribution in [2.75, 3.05) is 13.1 Å². The monoisotopic (exact) mass is 311 g/mol. The Bertz CT molecular complexity index is 442. The molecular formula is C13H22NNaO4S. The summed E-state index contributed by atoms with van der Waals surface area (Å²) in [6.07, 6.45) is 2.33. The maximum absolute atomic E-state index is 11.8. The molecule has 4 fully saturated rings. The van der Waals surface area contributed by atoms with E-state index >= 15 is 0 Å². The Labute approximate surface area is 145 Å². The predicted molar refractivity (Wildman–Crippen MR) is 72.2 cm³/mol. The van der Waals surface area contributed by atoms with Crippen molar-refractivity contribution in [2.45, 2.75) is 50.4 Å². The first-order valence-electron chi connectivity index (χ1n) is 6.75. The Morgan fingerprint density at radius 2 is 1.85 bits per heavy atom. The maximum Gasteiger partial charge on any atom is 1.00 e. The molecule has 3 saturated carbocycles. The number of hydrogen-bond donors (Lipinski definition) is 1. The first-order valence-corrected chi connectivity index (χ1v) is 7.86. The zero-order valence-corrected chi connectivity index (χ0v) is 15.5. The van der Waals surface area contributed by atoms with Crippen molar-refractivity contribution < 1.29 is 49.3 Å². The van der Waals surface area contributed by atoms with Crippen molar-refractivity contribution >= 4 is 17.2 Å². The number of rotatable bonds is 2. The molecule has 20 heavy (non-hydrogen) atoms. The number of hydrogen-bond acceptors (Lipinski definition) is 3. The Kier molecular flexibility index (Phi) is 4.14. The minimum Gasteiger partial charge on any atom is -1.00 e. The van der Waals surface area contributed by atoms with Gasteiger partial charge in [-0.3, -0.25) is 0 Å². The van der Waals surface area contributed by atoms with Gasteiger partial charge < -0.3 is 15.6 Å². The molecule has 0 spiro atoms. The van der Waals surface area contributed by atoms with Crippen molar-refractivity contribution in [3.05, 3.63) is 0 Å². The van der Waals surface area contributed by atoms with E-state index in [0.717, 1.165) is 32.4 Å². The number of amides is 1. The van der Waals surface area contributed by atoms with Gasteiger partial charge in [-0.25, -0.2) is 9.00 Å². The molecule has 1 heterocycles. The normalized spacial score (nSPS) is 36.9. The summed E-state index contributed by atoms with van der Waals surface area (Å²) < 4.78 is 25.4. The van der Waals surface area contributed by atoms with E-state index in [1.54, 1.807) is 4.90 Å². The fourth-order valence-corrected chi connectivity index (χ4v) is 4.96. The maximum atomic E-state index is 11.8. The first-order chi connectivity index (χ1) is 8.66. The third-order valence-electron chi connectivity index (χ3n) is 4.79. The summed E-state index contributed by atoms with van der Waals surface area (Å²) in [6, 6.07) is 0. The van der Waals surface area contributed by atoms with E-state index < -0.39 is 16.7 Å². The largest absolute Gasteiger partial charge is 1.00 e. The van der Waals surface area contributed by atoms with Gasteiger partial charge in [-0.05, 0) is 45.4 Å². The smallest absolute Gasteiger partial charge is 1.00 e. The topological polar surface area (TPSA) is 66.8 Å². The van der Waals surface area contributed by atoms with E-state index in [4.69, 9.17) is 4.74 Å². The van der Waals surface area contributed by atoms with Gasteiger partial charge in [0.15, 0.2) is 11.1 Å². The molecule has 2 bridgehead atoms. The summed E-state index contributed by atoms with van der Waals surface area (Å²) in [5.41, 5.74) is -0.201. The van der Waals surface area contributed by atoms with Crippen LogP contribution in [-0.4, -0.2) is 43.2 Å². The number of carbonyl (C=O) groups excluding carboxylic acids is 1. The number of nitrogens with zero attached hydrogens (tertiary/aromatic N) is 1. The van der Waals surface area contributed by atoms with Crippen LogP contribution >= 0.6 is 0 Å². The Hall–Kier alpha value is 0.380. The number of ether oxygens (including phenoxy) is 1. The van der Waals surface area contributed by atoms with E-state index in [2.05, 4.69) is 0 Å². The van der Waals surface area contributed by atoms with E-state index in [0.29, 0.717) is 5.92 Å². The van der Waals surface area contributed by atoms with Crippen LogP contribution in [0.15, 0.2) is 0 Å². The minimum atomic E-state index is -1.68. The summed E-state index contributed by atoms with van der Waals surface area (Å²) in [5, 5.41) is 0. The van der Waals surface area contributed by atoms with Gasteiger partial charge in [0.25, 0.3) is 0 Å². The molecular weight excluding hydrogens is 289 g/mol. The third kappa shape index (κ3) is 2.47. The molecule has 1 saturated heterocycles. The molecule has 1 amide bonds. The van der Waals surface area contributed by atoms with Gasteiger partial charge in [-0.2, -0.15) is 0 Å². The number of likely N-dealkylation sites (tertiary alicyclic amines) is 1. The van der Waals surface area contributed by atoms with Crippen LogP contribution in [0.3, 0.4) is 0 Å². The second-order valence-electron chi connectivity index (χ2n) is 7.41. The zero-order valence-electron chi connectivity index (χ0n) is 13.6. The van der Waals surface area contributed by atoms with E-state index in [-0.39, 0.29) is 47.2 Å². The van der Waals surface area contributed by atoms with Gasteiger partial charge in [-0.1, -0.05) is 0 Å². The zero-order chi connectivity index (χ0) is 14.1. The first kappa shape index (κ1) is 16.7. The van der Waals surface area contributed by atoms with Crippen molar-refractivity contribution in [3.8, 4) is 0 Å². The standard InChI is InChI=1S/C13H21NO4S.Na.H/c1-11(2,3)18-10(15)14-4-9(5-14)12-6-13(7-12,8-12)19(16)17;;/h9H,4-8H2,1-3H3,(H,16,17);;/q;+1;-1. The fourth-order valence-electron chi connectivity index (χ4n) is 3.73. The van der Waals surface area contributed by atoms with Gasteiger partial charge in [-0.15, -0.1) is 0 Å². The van der Waals surface area contributed by atoms with Crippen LogP contribution in [0.2, 0.25) is 0 Å². The van der Waals surface area contributed by atoms with Crippen molar-refractivity contribution in [1.29, 1.82) is 0 Å². The van der Waals surface area contributed by atoms with E-state index in [9.17, 15) is 13.6 Å². The van der Waals surface area contributed by atoms with Gasteiger partial charge >= 0.3 is 35.7 Å². The van der Waals surface area contributed by atoms with Gasteiger partial charge in [0, 0.05) is 19.0 Å². The Morgan fingerprint density at radius 3 is 2.25 bits per heavy atom. The van der Waals surface area contributed by atoms with Crippen LogP contribution in [0, 0.1) is 11.3 Å². The van der Waals surface area contributed by atoms with Crippen LogP contribution in [0.5, 0.6) is 0 Å². The van der Waals surface area contributed by atoms with Gasteiger partial charge in [0.1, 0.15) is 5.60 Å². The quantitative estimate of drug-likeness (QED) is 0.531. The summed E-state index contributed by atoms with van der Waals surface area (Å²) in [7, 11) is 0. The summed E-state index contributed by atoms with van der Waals surface area (Å²) in [5.74, 6) is 0.491. The minimum absolute atomic E-state index is 0. The van der Waals surface area contributed by atoms with Crippen molar-refractivity contribution in [1.82, 2.24) is 4.90 Å². The summed E-state index contributed by atoms with van der Waals surface area (Å²) in [6.45, 7) is 7.07. The molecule has 0 aromatic carbocycles. The van der Waals surface area contributed by atoms with Crippen LogP contribution < -0.4 is 29.6 Å². The molecule has 1 N–H and O–H groups in total. The van der Waals surface area contributed by atoms with Gasteiger partial charge in [0.2, 0.25) is 0 Å². The molecule has 0 aromatic rings. The van der Waals surface area contributed by atoms with E-state index in [1.807, 2.05) is 20.8 Å². The SMILES string of the molecule is CC(C)(C)OC(=O)N1CC(C23CC(S(=O)O)(C2)C3)C1.[H-].[Na+]. The molecule has 110 valence electrons. The average Bonchev–Trinajstić information content (AvgIpc) is 1.99. The van der Waals surface area contributed by atoms with Crippen LogP contribution in [0.25, 0.3) is 0 Å². The molecule has 7 heteroatoms. The molecule has 1 atom stereocenters. The van der Waals surface area contributed by atoms with Crippen molar-refractivity contribution in [2.24, 2.45) is 11.3 Å². The predicted octanol–water partition coefficient (Wildman–Crippen LogP) is -0.886. The molecule has 0 radical (unpaired) electrons. The molecule has 5 nitrogen and oxygen atoms in total. The summed E-state index contributed by atoms with van der Waals surface area (Å²) in [4.78, 5) is 13.6. The van der Waals surface area contributed by atoms with Crippen LogP contribution in [0.4, 0.5) is 4.79 Å². The molecule has 1 unspecified atom stereocenters. The van der Waals surface area contributed by atoms with Crippen molar-refractivity contribution in [3.63, 3.8) is 0 Å². The summed E-state index contributed by atoms with van der Waals surface area (Å²) >= 11 is -1.68. The van der Waals surface area contributed by atoms with Gasteiger partial charge in [0.05, 0.1) is 4.75 Å². The van der Waals surface area contributed by atoms with E-state index in [1.165, 1.54) is 0 Å². The second kappa shape index (κ2) is 4.95. The molecule has 4 rings (SSSR count). The fraction of sp³-hybridized carbons (Fsp3) is 0.923. The van der Waals surface area contributed by atoms with Crippen LogP contribution in [-0.2, 0) is 15.8 Å².